The number of halogens is 1. The van der Waals surface area contributed by atoms with Gasteiger partial charge in [-0.2, -0.15) is 0 Å². The molecule has 4 aliphatic carbocycles. The number of carbonyl (C=O) groups is 1. The fourth-order valence-electron chi connectivity index (χ4n) is 6.84. The molecule has 0 aromatic heterocycles. The molecule has 0 N–H and O–H groups in total. The van der Waals surface area contributed by atoms with Crippen LogP contribution in [-0.4, -0.2) is 20.7 Å². The first-order valence-electron chi connectivity index (χ1n) is 11.1. The van der Waals surface area contributed by atoms with E-state index in [1.807, 2.05) is 41.3 Å². The molecule has 5 aliphatic rings. The van der Waals surface area contributed by atoms with Crippen LogP contribution < -0.4 is 0 Å². The lowest BCUT2D eigenvalue weighted by Crippen LogP contribution is -2.61. The molecule has 2 aromatic rings. The molecule has 2 aromatic carbocycles. The molecule has 5 heteroatoms. The van der Waals surface area contributed by atoms with Gasteiger partial charge in [0, 0.05) is 0 Å². The van der Waals surface area contributed by atoms with Gasteiger partial charge < -0.3 is 0 Å². The lowest BCUT2D eigenvalue weighted by atomic mass is 9.52. The molecule has 158 valence electrons. The van der Waals surface area contributed by atoms with E-state index in [9.17, 15) is 9.18 Å². The average Bonchev–Trinajstić information content (AvgIpc) is 3.01. The molecule has 31 heavy (non-hydrogen) atoms. The Morgan fingerprint density at radius 1 is 0.968 bits per heavy atom. The summed E-state index contributed by atoms with van der Waals surface area (Å²) in [7, 11) is 0. The fraction of sp³-hybridized carbons (Fsp3) is 0.385. The van der Waals surface area contributed by atoms with E-state index < -0.39 is 0 Å². The van der Waals surface area contributed by atoms with Crippen molar-refractivity contribution in [2.75, 3.05) is 0 Å². The maximum absolute atomic E-state index is 13.6. The molecule has 4 saturated carbocycles. The van der Waals surface area contributed by atoms with Crippen LogP contribution in [0.15, 0.2) is 53.4 Å². The third-order valence-corrected chi connectivity index (χ3v) is 8.92. The maximum Gasteiger partial charge on any atom is 0.266 e. The van der Waals surface area contributed by atoms with Gasteiger partial charge in [0.15, 0.2) is 0 Å². The molecular weight excluding hydrogens is 425 g/mol. The Hall–Kier alpha value is -1.98. The summed E-state index contributed by atoms with van der Waals surface area (Å²) < 4.78 is 14.4. The van der Waals surface area contributed by atoms with Gasteiger partial charge in [0.25, 0.3) is 5.91 Å². The van der Waals surface area contributed by atoms with E-state index in [-0.39, 0.29) is 17.3 Å². The minimum atomic E-state index is -0.251. The monoisotopic (exact) mass is 449 g/mol. The van der Waals surface area contributed by atoms with E-state index in [4.69, 9.17) is 12.2 Å². The van der Waals surface area contributed by atoms with Crippen LogP contribution in [0.4, 0.5) is 4.39 Å². The number of amides is 1. The van der Waals surface area contributed by atoms with Crippen molar-refractivity contribution in [2.45, 2.75) is 44.1 Å². The van der Waals surface area contributed by atoms with Gasteiger partial charge in [-0.3, -0.25) is 9.69 Å². The SMILES string of the molecule is O=C1/C(=C\c2cccc(-c3cccc(F)c3)c2)SC(=S)N1C12CC3CC(CC(C3)C1)C2. The van der Waals surface area contributed by atoms with Gasteiger partial charge in [-0.15, -0.1) is 0 Å². The zero-order valence-electron chi connectivity index (χ0n) is 17.2. The summed E-state index contributed by atoms with van der Waals surface area (Å²) in [4.78, 5) is 16.2. The number of thioether (sulfide) groups is 1. The Kier molecular flexibility index (Phi) is 4.62. The predicted molar refractivity (Wildman–Crippen MR) is 128 cm³/mol. The lowest BCUT2D eigenvalue weighted by molar-refractivity contribution is -0.135. The Morgan fingerprint density at radius 2 is 1.58 bits per heavy atom. The quantitative estimate of drug-likeness (QED) is 0.386. The molecule has 0 spiro atoms. The first kappa shape index (κ1) is 19.7. The Morgan fingerprint density at radius 3 is 2.23 bits per heavy atom. The number of benzene rings is 2. The predicted octanol–water partition coefficient (Wildman–Crippen LogP) is 6.66. The van der Waals surface area contributed by atoms with Crippen LogP contribution >= 0.6 is 24.0 Å². The van der Waals surface area contributed by atoms with Gasteiger partial charge in [0.1, 0.15) is 10.1 Å². The van der Waals surface area contributed by atoms with Crippen molar-refractivity contribution in [3.05, 3.63) is 64.8 Å². The van der Waals surface area contributed by atoms with Crippen molar-refractivity contribution in [1.82, 2.24) is 4.90 Å². The number of rotatable bonds is 3. The van der Waals surface area contributed by atoms with Gasteiger partial charge in [-0.25, -0.2) is 4.39 Å². The van der Waals surface area contributed by atoms with Crippen LogP contribution in [0.25, 0.3) is 17.2 Å². The van der Waals surface area contributed by atoms with E-state index in [2.05, 4.69) is 0 Å². The average molecular weight is 450 g/mol. The number of nitrogens with zero attached hydrogens (tertiary/aromatic N) is 1. The second-order valence-electron chi connectivity index (χ2n) is 9.79. The Balaban J connectivity index is 1.30. The second kappa shape index (κ2) is 7.28. The van der Waals surface area contributed by atoms with Crippen molar-refractivity contribution in [1.29, 1.82) is 0 Å². The summed E-state index contributed by atoms with van der Waals surface area (Å²) >= 11 is 7.19. The standard InChI is InChI=1S/C26H24FNOS2/c27-22-6-2-5-21(12-22)20-4-1-3-16(10-20)11-23-24(29)28(25(30)31-23)26-13-17-7-18(14-26)9-19(8-17)15-26/h1-6,10-12,17-19H,7-9,13-15H2/b23-11+. The van der Waals surface area contributed by atoms with Gasteiger partial charge >= 0.3 is 0 Å². The van der Waals surface area contributed by atoms with E-state index >= 15 is 0 Å². The normalized spacial score (nSPS) is 33.0. The Bertz CT molecular complexity index is 1090. The third kappa shape index (κ3) is 3.37. The summed E-state index contributed by atoms with van der Waals surface area (Å²) in [5.41, 5.74) is 2.66. The minimum Gasteiger partial charge on any atom is -0.287 e. The van der Waals surface area contributed by atoms with E-state index in [0.717, 1.165) is 58.0 Å². The summed E-state index contributed by atoms with van der Waals surface area (Å²) in [6.07, 6.45) is 9.34. The smallest absolute Gasteiger partial charge is 0.266 e. The van der Waals surface area contributed by atoms with Gasteiger partial charge in [0.2, 0.25) is 0 Å². The molecule has 0 atom stereocenters. The maximum atomic E-state index is 13.6. The fourth-order valence-corrected chi connectivity index (χ4v) is 8.32. The highest BCUT2D eigenvalue weighted by molar-refractivity contribution is 8.26. The molecule has 2 nitrogen and oxygen atoms in total. The molecule has 1 amide bonds. The topological polar surface area (TPSA) is 20.3 Å². The van der Waals surface area contributed by atoms with Crippen molar-refractivity contribution in [2.24, 2.45) is 17.8 Å². The molecule has 4 bridgehead atoms. The van der Waals surface area contributed by atoms with Crippen LogP contribution in [0.5, 0.6) is 0 Å². The number of hydrogen-bond acceptors (Lipinski definition) is 3. The van der Waals surface area contributed by atoms with Gasteiger partial charge in [-0.1, -0.05) is 54.3 Å². The van der Waals surface area contributed by atoms with Crippen LogP contribution in [-0.2, 0) is 4.79 Å². The molecule has 1 heterocycles. The number of carbonyl (C=O) groups excluding carboxylic acids is 1. The highest BCUT2D eigenvalue weighted by Gasteiger charge is 2.57. The van der Waals surface area contributed by atoms with Crippen molar-refractivity contribution < 1.29 is 9.18 Å². The van der Waals surface area contributed by atoms with Crippen LogP contribution in [0.3, 0.4) is 0 Å². The first-order valence-corrected chi connectivity index (χ1v) is 12.4. The molecular formula is C26H24FNOS2. The third-order valence-electron chi connectivity index (χ3n) is 7.62. The van der Waals surface area contributed by atoms with E-state index in [1.54, 1.807) is 6.07 Å². The summed E-state index contributed by atoms with van der Waals surface area (Å²) in [5, 5.41) is 0. The number of hydrogen-bond donors (Lipinski definition) is 0. The minimum absolute atomic E-state index is 0.0467. The molecule has 0 unspecified atom stereocenters. The first-order chi connectivity index (χ1) is 15.0. The summed E-state index contributed by atoms with van der Waals surface area (Å²) in [6, 6.07) is 14.5. The zero-order valence-corrected chi connectivity index (χ0v) is 18.9. The zero-order chi connectivity index (χ0) is 21.2. The highest BCUT2D eigenvalue weighted by Crippen LogP contribution is 2.59. The van der Waals surface area contributed by atoms with Gasteiger partial charge in [0.05, 0.1) is 10.4 Å². The van der Waals surface area contributed by atoms with E-state index in [0.29, 0.717) is 4.91 Å². The molecule has 7 rings (SSSR count). The highest BCUT2D eigenvalue weighted by atomic mass is 32.2. The summed E-state index contributed by atoms with van der Waals surface area (Å²) in [6.45, 7) is 0. The van der Waals surface area contributed by atoms with Crippen LogP contribution in [0, 0.1) is 23.6 Å². The molecule has 1 saturated heterocycles. The van der Waals surface area contributed by atoms with E-state index in [1.165, 1.54) is 43.2 Å². The second-order valence-corrected chi connectivity index (χ2v) is 11.5. The summed E-state index contributed by atoms with van der Waals surface area (Å²) in [5.74, 6) is 2.13. The number of thiocarbonyl (C=S) groups is 1. The van der Waals surface area contributed by atoms with Crippen LogP contribution in [0.1, 0.15) is 44.1 Å². The largest absolute Gasteiger partial charge is 0.287 e. The van der Waals surface area contributed by atoms with Gasteiger partial charge in [-0.05, 0) is 97.2 Å². The molecule has 5 fully saturated rings. The molecule has 0 radical (unpaired) electrons. The lowest BCUT2D eigenvalue weighted by Gasteiger charge is -2.59. The van der Waals surface area contributed by atoms with Crippen molar-refractivity contribution in [3.63, 3.8) is 0 Å². The van der Waals surface area contributed by atoms with Crippen molar-refractivity contribution in [3.8, 4) is 11.1 Å². The molecule has 1 aliphatic heterocycles. The van der Waals surface area contributed by atoms with Crippen molar-refractivity contribution >= 4 is 40.3 Å². The Labute approximate surface area is 191 Å². The van der Waals surface area contributed by atoms with Crippen LogP contribution in [0.2, 0.25) is 0 Å².